The molecule has 170 valence electrons. The molecule has 32 heavy (non-hydrogen) atoms. The molecule has 0 radical (unpaired) electrons. The van der Waals surface area contributed by atoms with Crippen LogP contribution in [-0.2, 0) is 17.5 Å². The lowest BCUT2D eigenvalue weighted by Crippen LogP contribution is -2.25. The number of carbonyl (C=O) groups excluding carboxylic acids is 2. The van der Waals surface area contributed by atoms with E-state index in [-0.39, 0.29) is 39.8 Å². The number of thioether (sulfide) groups is 1. The van der Waals surface area contributed by atoms with Crippen molar-refractivity contribution in [3.8, 4) is 5.75 Å². The number of hydrogen-bond acceptors (Lipinski definition) is 8. The number of alkyl halides is 3. The standard InChI is InChI=1S/C20H18F3N3O4S2/c1-10-25-18-13(5-11(20(21,22)23)6-15(18)30-2)19(26-10)31-9-14(28)16-4-3-12(32-16)7-24-17(29)8-27/h3-6,27H,7-9H2,1-2H3,(H,24,29). The highest BCUT2D eigenvalue weighted by Crippen LogP contribution is 2.38. The fourth-order valence-electron chi connectivity index (χ4n) is 2.78. The van der Waals surface area contributed by atoms with Gasteiger partial charge in [0.2, 0.25) is 5.91 Å². The smallest absolute Gasteiger partial charge is 0.416 e. The Hall–Kier alpha value is -2.70. The summed E-state index contributed by atoms with van der Waals surface area (Å²) in [6, 6.07) is 5.14. The predicted molar refractivity (Wildman–Crippen MR) is 114 cm³/mol. The average Bonchev–Trinajstić information content (AvgIpc) is 3.23. The van der Waals surface area contributed by atoms with Gasteiger partial charge in [-0.2, -0.15) is 13.2 Å². The van der Waals surface area contributed by atoms with Crippen LogP contribution in [0.5, 0.6) is 5.75 Å². The molecule has 1 aromatic carbocycles. The van der Waals surface area contributed by atoms with E-state index in [4.69, 9.17) is 9.84 Å². The van der Waals surface area contributed by atoms with Gasteiger partial charge in [0, 0.05) is 10.3 Å². The zero-order valence-corrected chi connectivity index (χ0v) is 18.6. The molecule has 0 aliphatic rings. The van der Waals surface area contributed by atoms with Crippen LogP contribution in [0.25, 0.3) is 10.9 Å². The normalized spacial score (nSPS) is 11.6. The molecule has 0 aliphatic carbocycles. The summed E-state index contributed by atoms with van der Waals surface area (Å²) in [7, 11) is 1.26. The molecule has 0 saturated carbocycles. The Kier molecular flexibility index (Phi) is 7.36. The van der Waals surface area contributed by atoms with Crippen LogP contribution in [0.4, 0.5) is 13.2 Å². The van der Waals surface area contributed by atoms with Crippen molar-refractivity contribution in [3.63, 3.8) is 0 Å². The summed E-state index contributed by atoms with van der Waals surface area (Å²) in [4.78, 5) is 33.4. The van der Waals surface area contributed by atoms with Crippen LogP contribution in [0.3, 0.4) is 0 Å². The number of rotatable bonds is 8. The van der Waals surface area contributed by atoms with Gasteiger partial charge in [-0.25, -0.2) is 9.97 Å². The van der Waals surface area contributed by atoms with Gasteiger partial charge in [-0.05, 0) is 31.2 Å². The second-order valence-corrected chi connectivity index (χ2v) is 8.69. The van der Waals surface area contributed by atoms with Crippen molar-refractivity contribution in [2.75, 3.05) is 19.5 Å². The highest BCUT2D eigenvalue weighted by atomic mass is 32.2. The number of aryl methyl sites for hydroxylation is 1. The maximum absolute atomic E-state index is 13.3. The van der Waals surface area contributed by atoms with Crippen LogP contribution < -0.4 is 10.1 Å². The summed E-state index contributed by atoms with van der Waals surface area (Å²) in [6.45, 7) is 1.16. The molecule has 3 aromatic rings. The number of Topliss-reactive ketones (excluding diaryl/α,β-unsaturated/α-hetero) is 1. The van der Waals surface area contributed by atoms with E-state index in [9.17, 15) is 22.8 Å². The number of thiophene rings is 1. The number of aliphatic hydroxyl groups is 1. The molecule has 2 aromatic heterocycles. The van der Waals surface area contributed by atoms with Gasteiger partial charge in [0.1, 0.15) is 28.7 Å². The number of benzene rings is 1. The molecule has 0 unspecified atom stereocenters. The second-order valence-electron chi connectivity index (χ2n) is 6.56. The second kappa shape index (κ2) is 9.84. The van der Waals surface area contributed by atoms with Gasteiger partial charge in [0.05, 0.1) is 29.8 Å². The Bertz CT molecular complexity index is 1160. The molecule has 3 rings (SSSR count). The van der Waals surface area contributed by atoms with Crippen molar-refractivity contribution in [1.29, 1.82) is 0 Å². The highest BCUT2D eigenvalue weighted by Gasteiger charge is 2.32. The molecule has 0 saturated heterocycles. The van der Waals surface area contributed by atoms with E-state index in [1.54, 1.807) is 19.1 Å². The summed E-state index contributed by atoms with van der Waals surface area (Å²) in [5, 5.41) is 11.6. The maximum Gasteiger partial charge on any atom is 0.416 e. The van der Waals surface area contributed by atoms with Crippen LogP contribution in [0.15, 0.2) is 29.3 Å². The Labute approximate surface area is 189 Å². The van der Waals surface area contributed by atoms with E-state index in [1.807, 2.05) is 0 Å². The van der Waals surface area contributed by atoms with Crippen LogP contribution in [0.1, 0.15) is 25.9 Å². The van der Waals surface area contributed by atoms with Gasteiger partial charge in [-0.1, -0.05) is 11.8 Å². The number of amides is 1. The molecular weight excluding hydrogens is 467 g/mol. The summed E-state index contributed by atoms with van der Waals surface area (Å²) in [5.74, 6) is -0.498. The lowest BCUT2D eigenvalue weighted by Gasteiger charge is -2.13. The number of hydrogen-bond donors (Lipinski definition) is 2. The number of nitrogens with zero attached hydrogens (tertiary/aromatic N) is 2. The number of ketones is 1. The molecule has 2 heterocycles. The summed E-state index contributed by atoms with van der Waals surface area (Å²) >= 11 is 2.20. The number of nitrogens with one attached hydrogen (secondary N) is 1. The molecule has 0 fully saturated rings. The van der Waals surface area contributed by atoms with Crippen molar-refractivity contribution in [1.82, 2.24) is 15.3 Å². The van der Waals surface area contributed by atoms with Crippen molar-refractivity contribution in [3.05, 3.63) is 45.4 Å². The number of aromatic nitrogens is 2. The van der Waals surface area contributed by atoms with Crippen LogP contribution in [0, 0.1) is 6.92 Å². The fourth-order valence-corrected chi connectivity index (χ4v) is 4.69. The first kappa shape index (κ1) is 24.0. The van der Waals surface area contributed by atoms with Crippen molar-refractivity contribution in [2.45, 2.75) is 24.7 Å². The summed E-state index contributed by atoms with van der Waals surface area (Å²) < 4.78 is 45.1. The van der Waals surface area contributed by atoms with Gasteiger partial charge >= 0.3 is 6.18 Å². The maximum atomic E-state index is 13.3. The monoisotopic (exact) mass is 485 g/mol. The van der Waals surface area contributed by atoms with E-state index >= 15 is 0 Å². The largest absolute Gasteiger partial charge is 0.494 e. The van der Waals surface area contributed by atoms with Crippen LogP contribution in [-0.4, -0.2) is 46.2 Å². The minimum Gasteiger partial charge on any atom is -0.494 e. The number of ether oxygens (including phenoxy) is 1. The Morgan fingerprint density at radius 1 is 1.25 bits per heavy atom. The quantitative estimate of drug-likeness (QED) is 0.286. The molecule has 0 aliphatic heterocycles. The molecule has 1 amide bonds. The third kappa shape index (κ3) is 5.56. The Balaban J connectivity index is 1.83. The molecule has 0 bridgehead atoms. The van der Waals surface area contributed by atoms with Gasteiger partial charge in [0.15, 0.2) is 5.78 Å². The molecule has 0 spiro atoms. The first-order chi connectivity index (χ1) is 15.1. The third-order valence-corrected chi connectivity index (χ3v) is 6.39. The van der Waals surface area contributed by atoms with Crippen molar-refractivity contribution >= 4 is 45.7 Å². The van der Waals surface area contributed by atoms with E-state index in [0.717, 1.165) is 28.8 Å². The molecule has 0 atom stereocenters. The zero-order chi connectivity index (χ0) is 23.5. The molecule has 12 heteroatoms. The third-order valence-electron chi connectivity index (χ3n) is 4.27. The lowest BCUT2D eigenvalue weighted by molar-refractivity contribution is -0.137. The van der Waals surface area contributed by atoms with E-state index < -0.39 is 24.3 Å². The Morgan fingerprint density at radius 2 is 2.00 bits per heavy atom. The minimum absolute atomic E-state index is 0.0265. The van der Waals surface area contributed by atoms with Crippen LogP contribution in [0.2, 0.25) is 0 Å². The van der Waals surface area contributed by atoms with Crippen LogP contribution >= 0.6 is 23.1 Å². The number of aliphatic hydroxyl groups excluding tert-OH is 1. The van der Waals surface area contributed by atoms with E-state index in [1.165, 1.54) is 18.4 Å². The molecular formula is C20H18F3N3O4S2. The number of methoxy groups -OCH3 is 1. The van der Waals surface area contributed by atoms with Crippen molar-refractivity contribution in [2.24, 2.45) is 0 Å². The number of fused-ring (bicyclic) bond motifs is 1. The first-order valence-corrected chi connectivity index (χ1v) is 11.0. The minimum atomic E-state index is -4.58. The zero-order valence-electron chi connectivity index (χ0n) is 16.9. The molecule has 7 nitrogen and oxygen atoms in total. The first-order valence-electron chi connectivity index (χ1n) is 9.18. The summed E-state index contributed by atoms with van der Waals surface area (Å²) in [6.07, 6.45) is -4.58. The average molecular weight is 486 g/mol. The van der Waals surface area contributed by atoms with Gasteiger partial charge < -0.3 is 15.2 Å². The van der Waals surface area contributed by atoms with Gasteiger partial charge in [-0.15, -0.1) is 11.3 Å². The fraction of sp³-hybridized carbons (Fsp3) is 0.300. The van der Waals surface area contributed by atoms with E-state index in [0.29, 0.717) is 10.7 Å². The topological polar surface area (TPSA) is 101 Å². The SMILES string of the molecule is COc1cc(C(F)(F)F)cc2c(SCC(=O)c3ccc(CNC(=O)CO)s3)nc(C)nc12. The lowest BCUT2D eigenvalue weighted by atomic mass is 10.1. The Morgan fingerprint density at radius 3 is 2.66 bits per heavy atom. The van der Waals surface area contributed by atoms with Gasteiger partial charge in [0.25, 0.3) is 0 Å². The number of carbonyl (C=O) groups is 2. The molecule has 2 N–H and O–H groups in total. The summed E-state index contributed by atoms with van der Waals surface area (Å²) in [5.41, 5.74) is -0.656. The van der Waals surface area contributed by atoms with Gasteiger partial charge in [-0.3, -0.25) is 9.59 Å². The van der Waals surface area contributed by atoms with Crippen molar-refractivity contribution < 1.29 is 32.6 Å². The van der Waals surface area contributed by atoms with E-state index in [2.05, 4.69) is 15.3 Å². The number of halogens is 3. The predicted octanol–water partition coefficient (Wildman–Crippen LogP) is 3.61. The highest BCUT2D eigenvalue weighted by molar-refractivity contribution is 8.00.